The fourth-order valence-corrected chi connectivity index (χ4v) is 4.87. The Kier molecular flexibility index (Phi) is 6.01. The number of fused-ring (bicyclic) bond motifs is 1. The number of nitrogens with zero attached hydrogens (tertiary/aromatic N) is 2. The zero-order chi connectivity index (χ0) is 21.3. The smallest absolute Gasteiger partial charge is 0.203 e. The van der Waals surface area contributed by atoms with E-state index in [1.54, 1.807) is 0 Å². The van der Waals surface area contributed by atoms with Crippen molar-refractivity contribution >= 4 is 56.5 Å². The quantitative estimate of drug-likeness (QED) is 0.176. The van der Waals surface area contributed by atoms with E-state index in [0.717, 1.165) is 11.1 Å². The van der Waals surface area contributed by atoms with Gasteiger partial charge in [0.2, 0.25) is 5.43 Å². The van der Waals surface area contributed by atoms with Gasteiger partial charge >= 0.3 is 0 Å². The predicted octanol–water partition coefficient (Wildman–Crippen LogP) is 6.19. The molecular formula is C24H17ClFIN2O. The second kappa shape index (κ2) is 8.70. The Morgan fingerprint density at radius 2 is 1.60 bits per heavy atom. The normalized spacial score (nSPS) is 10.9. The summed E-state index contributed by atoms with van der Waals surface area (Å²) in [5.74, 6) is -0.335. The molecule has 6 heteroatoms. The molecule has 0 fully saturated rings. The van der Waals surface area contributed by atoms with Gasteiger partial charge in [-0.05, 0) is 28.7 Å². The maximum Gasteiger partial charge on any atom is 0.203 e. The Balaban J connectivity index is 2.10. The highest BCUT2D eigenvalue weighted by Crippen LogP contribution is 2.30. The molecule has 0 aliphatic rings. The first-order valence-electron chi connectivity index (χ1n) is 9.27. The summed E-state index contributed by atoms with van der Waals surface area (Å²) >= 11 is 8.09. The number of rotatable bonds is 4. The molecule has 0 amide bonds. The van der Waals surface area contributed by atoms with Gasteiger partial charge in [0.15, 0.2) is 0 Å². The minimum Gasteiger partial charge on any atom is -0.344 e. The van der Waals surface area contributed by atoms with Crippen LogP contribution in [0.15, 0.2) is 82.6 Å². The summed E-state index contributed by atoms with van der Waals surface area (Å²) in [6.45, 7) is 0. The molecule has 0 N–H and O–H groups in total. The van der Waals surface area contributed by atoms with E-state index in [0.29, 0.717) is 26.2 Å². The van der Waals surface area contributed by atoms with E-state index in [9.17, 15) is 9.18 Å². The second-order valence-electron chi connectivity index (χ2n) is 6.80. The molecule has 0 aliphatic heterocycles. The largest absolute Gasteiger partial charge is 0.344 e. The average molecular weight is 531 g/mol. The molecule has 1 aromatic heterocycles. The number of hydrogen-bond acceptors (Lipinski definition) is 2. The number of alkyl halides is 1. The number of aromatic nitrogens is 1. The molecule has 3 nitrogen and oxygen atoms in total. The molecule has 0 unspecified atom stereocenters. The summed E-state index contributed by atoms with van der Waals surface area (Å²) in [5, 5.41) is 0.287. The zero-order valence-electron chi connectivity index (χ0n) is 16.1. The van der Waals surface area contributed by atoms with Crippen LogP contribution >= 0.6 is 34.2 Å². The molecular weight excluding hydrogens is 514 g/mol. The molecule has 0 saturated heterocycles. The maximum atomic E-state index is 14.5. The van der Waals surface area contributed by atoms with E-state index < -0.39 is 5.82 Å². The van der Waals surface area contributed by atoms with Crippen LogP contribution in [0.2, 0.25) is 0 Å². The van der Waals surface area contributed by atoms with Crippen LogP contribution in [-0.2, 0) is 12.9 Å². The van der Waals surface area contributed by atoms with Crippen molar-refractivity contribution in [1.82, 2.24) is 4.57 Å². The number of pyridine rings is 1. The average Bonchev–Trinajstić information content (AvgIpc) is 2.77. The van der Waals surface area contributed by atoms with Crippen molar-refractivity contribution in [3.63, 3.8) is 0 Å². The predicted molar refractivity (Wildman–Crippen MR) is 130 cm³/mol. The van der Waals surface area contributed by atoms with Gasteiger partial charge in [0.1, 0.15) is 5.82 Å². The molecule has 0 radical (unpaired) electrons. The molecule has 0 saturated carbocycles. The molecule has 4 rings (SSSR count). The van der Waals surface area contributed by atoms with Crippen LogP contribution in [-0.4, -0.2) is 10.3 Å². The Labute approximate surface area is 192 Å². The van der Waals surface area contributed by atoms with Crippen molar-refractivity contribution in [1.29, 1.82) is 0 Å². The third-order valence-corrected chi connectivity index (χ3v) is 6.31. The van der Waals surface area contributed by atoms with Crippen LogP contribution in [0.1, 0.15) is 16.8 Å². The van der Waals surface area contributed by atoms with Crippen molar-refractivity contribution in [2.45, 2.75) is 5.88 Å². The van der Waals surface area contributed by atoms with Gasteiger partial charge in [-0.1, -0.05) is 60.7 Å². The van der Waals surface area contributed by atoms with Crippen LogP contribution in [0.25, 0.3) is 10.9 Å². The topological polar surface area (TPSA) is 34.4 Å². The van der Waals surface area contributed by atoms with Crippen molar-refractivity contribution in [2.75, 3.05) is 0 Å². The monoisotopic (exact) mass is 530 g/mol. The fourth-order valence-electron chi connectivity index (χ4n) is 3.48. The maximum absolute atomic E-state index is 14.5. The second-order valence-corrected chi connectivity index (χ2v) is 8.14. The van der Waals surface area contributed by atoms with Crippen molar-refractivity contribution < 1.29 is 4.39 Å². The minimum absolute atomic E-state index is 0.171. The van der Waals surface area contributed by atoms with E-state index in [2.05, 4.69) is 0 Å². The molecule has 0 bridgehead atoms. The summed E-state index contributed by atoms with van der Waals surface area (Å²) in [6, 6.07) is 22.0. The number of benzene rings is 3. The van der Waals surface area contributed by atoms with Gasteiger partial charge in [0.25, 0.3) is 0 Å². The van der Waals surface area contributed by atoms with Gasteiger partial charge < -0.3 is 4.57 Å². The van der Waals surface area contributed by atoms with Crippen LogP contribution in [0.3, 0.4) is 0 Å². The van der Waals surface area contributed by atoms with E-state index in [1.165, 1.54) is 12.1 Å². The van der Waals surface area contributed by atoms with Gasteiger partial charge in [-0.25, -0.2) is 9.38 Å². The van der Waals surface area contributed by atoms with Crippen LogP contribution in [0.5, 0.6) is 0 Å². The first kappa shape index (κ1) is 20.8. The standard InChI is InChI=1S/C24H17ClFIN2O/c1-29-20(14-25)21(27)24(30)18-12-17(26)13-19(23(18)29)28-22(15-8-4-2-5-9-15)16-10-6-3-7-11-16/h2-13H,14H2,1H3. The van der Waals surface area contributed by atoms with Gasteiger partial charge in [-0.3, -0.25) is 4.79 Å². The van der Waals surface area contributed by atoms with Gasteiger partial charge in [-0.2, -0.15) is 0 Å². The van der Waals surface area contributed by atoms with E-state index >= 15 is 0 Å². The Morgan fingerprint density at radius 1 is 1.03 bits per heavy atom. The highest BCUT2D eigenvalue weighted by Gasteiger charge is 2.17. The summed E-state index contributed by atoms with van der Waals surface area (Å²) in [6.07, 6.45) is 0. The number of aliphatic imine (C=N–C) groups is 1. The number of hydrogen-bond donors (Lipinski definition) is 0. The number of aryl methyl sites for hydroxylation is 1. The summed E-state index contributed by atoms with van der Waals surface area (Å²) < 4.78 is 16.9. The summed E-state index contributed by atoms with van der Waals surface area (Å²) in [7, 11) is 1.82. The van der Waals surface area contributed by atoms with Crippen molar-refractivity contribution in [2.24, 2.45) is 12.0 Å². The lowest BCUT2D eigenvalue weighted by atomic mass is 10.0. The van der Waals surface area contributed by atoms with Crippen molar-refractivity contribution in [3.05, 3.63) is 109 Å². The first-order valence-corrected chi connectivity index (χ1v) is 10.9. The summed E-state index contributed by atoms with van der Waals surface area (Å²) in [5.41, 5.74) is 3.87. The van der Waals surface area contributed by atoms with E-state index in [1.807, 2.05) is 94.9 Å². The number of halogens is 3. The Bertz CT molecular complexity index is 1280. The molecule has 30 heavy (non-hydrogen) atoms. The molecule has 0 aliphatic carbocycles. The lowest BCUT2D eigenvalue weighted by Crippen LogP contribution is -2.16. The van der Waals surface area contributed by atoms with Gasteiger partial charge in [0, 0.05) is 24.2 Å². The van der Waals surface area contributed by atoms with Crippen LogP contribution in [0, 0.1) is 9.39 Å². The molecule has 3 aromatic carbocycles. The molecule has 0 atom stereocenters. The fraction of sp³-hybridized carbons (Fsp3) is 0.0833. The minimum atomic E-state index is -0.506. The highest BCUT2D eigenvalue weighted by atomic mass is 127. The third-order valence-electron chi connectivity index (χ3n) is 4.95. The highest BCUT2D eigenvalue weighted by molar-refractivity contribution is 14.1. The van der Waals surface area contributed by atoms with Crippen LogP contribution in [0.4, 0.5) is 10.1 Å². The molecule has 0 spiro atoms. The van der Waals surface area contributed by atoms with Crippen LogP contribution < -0.4 is 5.43 Å². The van der Waals surface area contributed by atoms with Gasteiger partial charge in [-0.15, -0.1) is 11.6 Å². The van der Waals surface area contributed by atoms with Gasteiger partial charge in [0.05, 0.1) is 37.4 Å². The molecule has 150 valence electrons. The Hall–Kier alpha value is -2.51. The van der Waals surface area contributed by atoms with E-state index in [4.69, 9.17) is 16.6 Å². The van der Waals surface area contributed by atoms with E-state index in [-0.39, 0.29) is 16.7 Å². The first-order chi connectivity index (χ1) is 14.5. The zero-order valence-corrected chi connectivity index (χ0v) is 19.0. The summed E-state index contributed by atoms with van der Waals surface area (Å²) in [4.78, 5) is 17.8. The van der Waals surface area contributed by atoms with Crippen molar-refractivity contribution in [3.8, 4) is 0 Å². The molecule has 4 aromatic rings. The third kappa shape index (κ3) is 3.79. The Morgan fingerprint density at radius 3 is 2.13 bits per heavy atom. The molecule has 1 heterocycles. The lowest BCUT2D eigenvalue weighted by Gasteiger charge is -2.16. The SMILES string of the molecule is Cn1c(CCl)c(I)c(=O)c2cc(F)cc(N=C(c3ccccc3)c3ccccc3)c21. The lowest BCUT2D eigenvalue weighted by molar-refractivity contribution is 0.629.